The molecular formula is C7H13O3P. The molecule has 0 saturated carbocycles. The minimum Gasteiger partial charge on any atom is -0.456 e. The summed E-state index contributed by atoms with van der Waals surface area (Å²) in [7, 11) is -2.69. The lowest BCUT2D eigenvalue weighted by molar-refractivity contribution is 0.184. The number of hydrogen-bond acceptors (Lipinski definition) is 3. The van der Waals surface area contributed by atoms with Crippen LogP contribution in [0.5, 0.6) is 0 Å². The molecule has 0 radical (unpaired) electrons. The van der Waals surface area contributed by atoms with Gasteiger partial charge in [-0.2, -0.15) is 0 Å². The largest absolute Gasteiger partial charge is 0.456 e. The second-order valence-electron chi connectivity index (χ2n) is 2.50. The van der Waals surface area contributed by atoms with Gasteiger partial charge in [-0.25, -0.2) is 4.79 Å². The monoisotopic (exact) mass is 176 g/mol. The van der Waals surface area contributed by atoms with Crippen molar-refractivity contribution in [3.05, 3.63) is 12.2 Å². The average molecular weight is 176 g/mol. The second-order valence-corrected chi connectivity index (χ2v) is 5.56. The number of ether oxygens (including phenoxy) is 1. The van der Waals surface area contributed by atoms with Crippen LogP contribution in [0.25, 0.3) is 0 Å². The quantitative estimate of drug-likeness (QED) is 0.489. The Balaban J connectivity index is 3.81. The zero-order valence-electron chi connectivity index (χ0n) is 7.03. The van der Waals surface area contributed by atoms with E-state index in [1.807, 2.05) is 6.92 Å². The number of carbonyl (C=O) groups is 1. The molecule has 0 bridgehead atoms. The molecule has 0 aromatic heterocycles. The van der Waals surface area contributed by atoms with Crippen molar-refractivity contribution < 1.29 is 14.1 Å². The van der Waals surface area contributed by atoms with Crippen LogP contribution >= 0.6 is 7.14 Å². The van der Waals surface area contributed by atoms with Gasteiger partial charge in [-0.1, -0.05) is 12.2 Å². The van der Waals surface area contributed by atoms with Gasteiger partial charge in [-0.15, -0.1) is 0 Å². The molecule has 0 aliphatic carbocycles. The molecule has 11 heavy (non-hydrogen) atoms. The lowest BCUT2D eigenvalue weighted by atomic mass is 10.6. The standard InChI is InChI=1S/C7H13O3P/c1-4-5-6-10-7(8)11(2,3)9/h4-5H,6H2,1-3H3/b5-4+. The molecule has 0 amide bonds. The van der Waals surface area contributed by atoms with Crippen LogP contribution in [0.15, 0.2) is 12.2 Å². The fourth-order valence-corrected chi connectivity index (χ4v) is 0.757. The Labute approximate surface area is 66.8 Å². The molecular weight excluding hydrogens is 163 g/mol. The average Bonchev–Trinajstić information content (AvgIpc) is 1.86. The molecule has 0 heterocycles. The van der Waals surface area contributed by atoms with E-state index < -0.39 is 12.9 Å². The molecule has 0 aliphatic heterocycles. The third-order valence-corrected chi connectivity index (χ3v) is 1.99. The summed E-state index contributed by atoms with van der Waals surface area (Å²) in [6, 6.07) is 0. The first-order valence-corrected chi connectivity index (χ1v) is 5.92. The summed E-state index contributed by atoms with van der Waals surface area (Å²) in [5, 5.41) is 0. The van der Waals surface area contributed by atoms with Gasteiger partial charge in [-0.3, -0.25) is 0 Å². The van der Waals surface area contributed by atoms with Crippen molar-refractivity contribution in [1.82, 2.24) is 0 Å². The van der Waals surface area contributed by atoms with E-state index in [9.17, 15) is 9.36 Å². The lowest BCUT2D eigenvalue weighted by Gasteiger charge is -2.04. The number of rotatable bonds is 3. The van der Waals surface area contributed by atoms with Crippen LogP contribution in [0.2, 0.25) is 0 Å². The van der Waals surface area contributed by atoms with E-state index in [-0.39, 0.29) is 6.61 Å². The Morgan fingerprint density at radius 1 is 1.55 bits per heavy atom. The summed E-state index contributed by atoms with van der Waals surface area (Å²) in [5.74, 6) is 0. The Morgan fingerprint density at radius 3 is 2.45 bits per heavy atom. The molecule has 0 atom stereocenters. The molecule has 0 unspecified atom stereocenters. The first kappa shape index (κ1) is 10.4. The van der Waals surface area contributed by atoms with E-state index in [1.54, 1.807) is 12.2 Å². The van der Waals surface area contributed by atoms with Gasteiger partial charge in [0.1, 0.15) is 6.61 Å². The van der Waals surface area contributed by atoms with Gasteiger partial charge in [0.05, 0.1) is 0 Å². The van der Waals surface area contributed by atoms with E-state index in [4.69, 9.17) is 0 Å². The van der Waals surface area contributed by atoms with E-state index in [1.165, 1.54) is 13.3 Å². The highest BCUT2D eigenvalue weighted by atomic mass is 31.2. The highest BCUT2D eigenvalue weighted by Gasteiger charge is 2.19. The minimum absolute atomic E-state index is 0.209. The fourth-order valence-electron chi connectivity index (χ4n) is 0.371. The van der Waals surface area contributed by atoms with Gasteiger partial charge in [0.15, 0.2) is 7.14 Å². The topological polar surface area (TPSA) is 43.4 Å². The van der Waals surface area contributed by atoms with E-state index in [0.29, 0.717) is 0 Å². The predicted octanol–water partition coefficient (Wildman–Crippen LogP) is 2.32. The first-order chi connectivity index (χ1) is 4.98. The molecule has 4 heteroatoms. The highest BCUT2D eigenvalue weighted by Crippen LogP contribution is 2.38. The van der Waals surface area contributed by atoms with Crippen LogP contribution in [0.1, 0.15) is 6.92 Å². The third kappa shape index (κ3) is 4.79. The minimum atomic E-state index is -2.69. The van der Waals surface area contributed by atoms with Crippen molar-refractivity contribution in [2.24, 2.45) is 0 Å². The molecule has 0 rings (SSSR count). The molecule has 3 nitrogen and oxygen atoms in total. The van der Waals surface area contributed by atoms with E-state index >= 15 is 0 Å². The zero-order valence-corrected chi connectivity index (χ0v) is 7.93. The number of allylic oxidation sites excluding steroid dienone is 1. The van der Waals surface area contributed by atoms with Crippen LogP contribution in [0.3, 0.4) is 0 Å². The van der Waals surface area contributed by atoms with Gasteiger partial charge in [0.2, 0.25) is 0 Å². The SMILES string of the molecule is C/C=C/COC(=O)P(C)(C)=O. The van der Waals surface area contributed by atoms with Crippen LogP contribution in [-0.2, 0) is 9.30 Å². The van der Waals surface area contributed by atoms with Crippen molar-refractivity contribution >= 4 is 12.9 Å². The lowest BCUT2D eigenvalue weighted by Crippen LogP contribution is -2.01. The first-order valence-electron chi connectivity index (χ1n) is 3.32. The molecule has 0 aromatic carbocycles. The Kier molecular flexibility index (Phi) is 4.12. The Bertz CT molecular complexity index is 202. The van der Waals surface area contributed by atoms with Crippen LogP contribution in [0, 0.1) is 0 Å². The third-order valence-electron chi connectivity index (χ3n) is 0.978. The maximum Gasteiger partial charge on any atom is 0.363 e. The maximum atomic E-state index is 11.0. The summed E-state index contributed by atoms with van der Waals surface area (Å²) in [6.07, 6.45) is 3.46. The predicted molar refractivity (Wildman–Crippen MR) is 45.6 cm³/mol. The normalized spacial score (nSPS) is 11.9. The Hall–Kier alpha value is -0.560. The summed E-state index contributed by atoms with van der Waals surface area (Å²) in [4.78, 5) is 10.8. The van der Waals surface area contributed by atoms with E-state index in [0.717, 1.165) is 0 Å². The summed E-state index contributed by atoms with van der Waals surface area (Å²) in [6.45, 7) is 4.82. The number of carbonyl (C=O) groups excluding carboxylic acids is 1. The smallest absolute Gasteiger partial charge is 0.363 e. The maximum absolute atomic E-state index is 11.0. The molecule has 0 aromatic rings. The van der Waals surface area contributed by atoms with Crippen molar-refractivity contribution in [2.75, 3.05) is 19.9 Å². The Morgan fingerprint density at radius 2 is 2.09 bits per heavy atom. The molecule has 64 valence electrons. The molecule has 0 spiro atoms. The summed E-state index contributed by atoms with van der Waals surface area (Å²) >= 11 is 0. The van der Waals surface area contributed by atoms with Gasteiger partial charge in [0.25, 0.3) is 0 Å². The van der Waals surface area contributed by atoms with Crippen LogP contribution < -0.4 is 0 Å². The van der Waals surface area contributed by atoms with Gasteiger partial charge in [0, 0.05) is 0 Å². The molecule has 0 aliphatic rings. The fraction of sp³-hybridized carbons (Fsp3) is 0.571. The summed E-state index contributed by atoms with van der Waals surface area (Å²) in [5.41, 5.74) is -0.601. The second kappa shape index (κ2) is 4.35. The van der Waals surface area contributed by atoms with Gasteiger partial charge < -0.3 is 9.30 Å². The highest BCUT2D eigenvalue weighted by molar-refractivity contribution is 7.78. The van der Waals surface area contributed by atoms with E-state index in [2.05, 4.69) is 4.74 Å². The molecule has 0 N–H and O–H groups in total. The van der Waals surface area contributed by atoms with Crippen molar-refractivity contribution in [2.45, 2.75) is 6.92 Å². The van der Waals surface area contributed by atoms with Crippen molar-refractivity contribution in [1.29, 1.82) is 0 Å². The van der Waals surface area contributed by atoms with Gasteiger partial charge >= 0.3 is 5.71 Å². The molecule has 0 fully saturated rings. The summed E-state index contributed by atoms with van der Waals surface area (Å²) < 4.78 is 15.7. The zero-order chi connectivity index (χ0) is 8.91. The molecule has 0 saturated heterocycles. The van der Waals surface area contributed by atoms with Crippen LogP contribution in [0.4, 0.5) is 4.79 Å². The number of hydrogen-bond donors (Lipinski definition) is 0. The van der Waals surface area contributed by atoms with Gasteiger partial charge in [-0.05, 0) is 20.3 Å². The van der Waals surface area contributed by atoms with Crippen molar-refractivity contribution in [3.8, 4) is 0 Å². The van der Waals surface area contributed by atoms with Crippen LogP contribution in [-0.4, -0.2) is 25.6 Å². The van der Waals surface area contributed by atoms with Crippen molar-refractivity contribution in [3.63, 3.8) is 0 Å².